The minimum atomic E-state index is -0.613. The predicted octanol–water partition coefficient (Wildman–Crippen LogP) is -0.492. The van der Waals surface area contributed by atoms with Gasteiger partial charge in [0.2, 0.25) is 5.95 Å². The molecule has 1 aromatic heterocycles. The summed E-state index contributed by atoms with van der Waals surface area (Å²) in [6.07, 6.45) is 0. The molecule has 1 aromatic rings. The van der Waals surface area contributed by atoms with Gasteiger partial charge in [-0.25, -0.2) is 4.98 Å². The van der Waals surface area contributed by atoms with Crippen LogP contribution in [0.25, 0.3) is 0 Å². The summed E-state index contributed by atoms with van der Waals surface area (Å²) in [5.41, 5.74) is 11.3. The van der Waals surface area contributed by atoms with Gasteiger partial charge >= 0.3 is 0 Å². The Morgan fingerprint density at radius 1 is 1.46 bits per heavy atom. The van der Waals surface area contributed by atoms with Crippen LogP contribution in [0.4, 0.5) is 11.8 Å². The van der Waals surface area contributed by atoms with Gasteiger partial charge in [-0.2, -0.15) is 4.98 Å². The zero-order valence-electron chi connectivity index (χ0n) is 7.46. The van der Waals surface area contributed by atoms with E-state index >= 15 is 0 Å². The maximum atomic E-state index is 10.9. The molecule has 0 unspecified atom stereocenters. The van der Waals surface area contributed by atoms with E-state index in [9.17, 15) is 4.79 Å². The summed E-state index contributed by atoms with van der Waals surface area (Å²) in [6, 6.07) is 0. The number of carbonyl (C=O) groups excluding carboxylic acids is 1. The number of nitrogens with two attached hydrogens (primary N) is 2. The molecule has 0 spiro atoms. The second-order valence-corrected chi connectivity index (χ2v) is 2.51. The number of nitrogens with one attached hydrogen (secondary N) is 1. The Kier molecular flexibility index (Phi) is 2.32. The first-order valence-electron chi connectivity index (χ1n) is 3.68. The van der Waals surface area contributed by atoms with Crippen LogP contribution >= 0.6 is 0 Å². The van der Waals surface area contributed by atoms with E-state index in [2.05, 4.69) is 15.3 Å². The van der Waals surface area contributed by atoms with Crippen molar-refractivity contribution in [2.24, 2.45) is 5.73 Å². The third-order valence-corrected chi connectivity index (χ3v) is 1.59. The number of anilines is 2. The first-order chi connectivity index (χ1) is 6.06. The molecule has 6 nitrogen and oxygen atoms in total. The van der Waals surface area contributed by atoms with Gasteiger partial charge in [0.25, 0.3) is 5.91 Å². The number of aromatic nitrogens is 2. The molecular formula is C7H11N5O. The third kappa shape index (κ3) is 1.66. The fraction of sp³-hybridized carbons (Fsp3) is 0.286. The normalized spacial score (nSPS) is 9.69. The molecule has 0 radical (unpaired) electrons. The molecule has 0 bridgehead atoms. The summed E-state index contributed by atoms with van der Waals surface area (Å²) < 4.78 is 0. The molecule has 1 amide bonds. The SMILES string of the molecule is CNc1nc(C)c(C(N)=O)c(N)n1. The molecule has 0 aliphatic rings. The van der Waals surface area contributed by atoms with Crippen molar-refractivity contribution in [2.45, 2.75) is 6.92 Å². The molecule has 13 heavy (non-hydrogen) atoms. The highest BCUT2D eigenvalue weighted by atomic mass is 16.1. The molecule has 0 aliphatic heterocycles. The minimum absolute atomic E-state index is 0.101. The van der Waals surface area contributed by atoms with Crippen LogP contribution in [0.3, 0.4) is 0 Å². The van der Waals surface area contributed by atoms with Gasteiger partial charge in [0.15, 0.2) is 0 Å². The van der Waals surface area contributed by atoms with Crippen molar-refractivity contribution in [3.63, 3.8) is 0 Å². The summed E-state index contributed by atoms with van der Waals surface area (Å²) in [7, 11) is 1.66. The molecule has 1 heterocycles. The summed E-state index contributed by atoms with van der Waals surface area (Å²) in [5.74, 6) is -0.137. The van der Waals surface area contributed by atoms with Crippen LogP contribution in [-0.4, -0.2) is 22.9 Å². The maximum Gasteiger partial charge on any atom is 0.254 e. The van der Waals surface area contributed by atoms with Gasteiger partial charge in [0.05, 0.1) is 5.69 Å². The number of primary amides is 1. The van der Waals surface area contributed by atoms with Gasteiger partial charge in [0.1, 0.15) is 11.4 Å². The Bertz CT molecular complexity index is 326. The molecule has 5 N–H and O–H groups in total. The van der Waals surface area contributed by atoms with Crippen molar-refractivity contribution < 1.29 is 4.79 Å². The van der Waals surface area contributed by atoms with Crippen molar-refractivity contribution >= 4 is 17.7 Å². The van der Waals surface area contributed by atoms with E-state index in [0.717, 1.165) is 0 Å². The first-order valence-corrected chi connectivity index (χ1v) is 3.68. The predicted molar refractivity (Wildman–Crippen MR) is 49.2 cm³/mol. The molecule has 1 rings (SSSR count). The van der Waals surface area contributed by atoms with E-state index in [1.54, 1.807) is 14.0 Å². The maximum absolute atomic E-state index is 10.9. The van der Waals surface area contributed by atoms with Gasteiger partial charge in [0, 0.05) is 7.05 Å². The summed E-state index contributed by atoms with van der Waals surface area (Å²) in [6.45, 7) is 1.65. The van der Waals surface area contributed by atoms with E-state index < -0.39 is 5.91 Å². The lowest BCUT2D eigenvalue weighted by Crippen LogP contribution is -2.18. The van der Waals surface area contributed by atoms with Gasteiger partial charge in [-0.05, 0) is 6.92 Å². The van der Waals surface area contributed by atoms with Gasteiger partial charge in [-0.1, -0.05) is 0 Å². The van der Waals surface area contributed by atoms with Crippen LogP contribution in [0.1, 0.15) is 16.1 Å². The second kappa shape index (κ2) is 3.26. The van der Waals surface area contributed by atoms with E-state index in [1.807, 2.05) is 0 Å². The number of carbonyl (C=O) groups is 1. The summed E-state index contributed by atoms with van der Waals surface area (Å²) in [4.78, 5) is 18.7. The van der Waals surface area contributed by atoms with Crippen molar-refractivity contribution in [2.75, 3.05) is 18.1 Å². The van der Waals surface area contributed by atoms with Crippen LogP contribution in [0.5, 0.6) is 0 Å². The van der Waals surface area contributed by atoms with Crippen LogP contribution < -0.4 is 16.8 Å². The Balaban J connectivity index is 3.31. The Hall–Kier alpha value is -1.85. The smallest absolute Gasteiger partial charge is 0.254 e. The van der Waals surface area contributed by atoms with Crippen LogP contribution in [0.15, 0.2) is 0 Å². The van der Waals surface area contributed by atoms with Crippen LogP contribution in [0, 0.1) is 6.92 Å². The van der Waals surface area contributed by atoms with Crippen LogP contribution in [-0.2, 0) is 0 Å². The molecule has 0 atom stereocenters. The van der Waals surface area contributed by atoms with E-state index in [4.69, 9.17) is 11.5 Å². The molecule has 70 valence electrons. The molecule has 0 aliphatic carbocycles. The van der Waals surface area contributed by atoms with Gasteiger partial charge in [-0.15, -0.1) is 0 Å². The minimum Gasteiger partial charge on any atom is -0.383 e. The Labute approximate surface area is 75.4 Å². The first kappa shape index (κ1) is 9.24. The lowest BCUT2D eigenvalue weighted by Gasteiger charge is -2.06. The number of amides is 1. The number of hydrogen-bond acceptors (Lipinski definition) is 5. The molecule has 0 fully saturated rings. The number of hydrogen-bond donors (Lipinski definition) is 3. The van der Waals surface area contributed by atoms with E-state index in [0.29, 0.717) is 11.6 Å². The van der Waals surface area contributed by atoms with Gasteiger partial charge in [-0.3, -0.25) is 4.79 Å². The van der Waals surface area contributed by atoms with Crippen molar-refractivity contribution in [1.29, 1.82) is 0 Å². The second-order valence-electron chi connectivity index (χ2n) is 2.51. The zero-order chi connectivity index (χ0) is 10.0. The quantitative estimate of drug-likeness (QED) is 0.570. The average Bonchev–Trinajstić information content (AvgIpc) is 2.02. The van der Waals surface area contributed by atoms with Crippen LogP contribution in [0.2, 0.25) is 0 Å². The number of aryl methyl sites for hydroxylation is 1. The monoisotopic (exact) mass is 181 g/mol. The lowest BCUT2D eigenvalue weighted by molar-refractivity contribution is 0.1000. The Morgan fingerprint density at radius 2 is 2.08 bits per heavy atom. The summed E-state index contributed by atoms with van der Waals surface area (Å²) in [5, 5.41) is 2.72. The molecular weight excluding hydrogens is 170 g/mol. The number of nitrogen functional groups attached to an aromatic ring is 1. The number of nitrogens with zero attached hydrogens (tertiary/aromatic N) is 2. The average molecular weight is 181 g/mol. The van der Waals surface area contributed by atoms with E-state index in [-0.39, 0.29) is 11.4 Å². The molecule has 0 aromatic carbocycles. The largest absolute Gasteiger partial charge is 0.383 e. The molecule has 0 saturated heterocycles. The van der Waals surface area contributed by atoms with Crippen molar-refractivity contribution in [3.05, 3.63) is 11.3 Å². The highest BCUT2D eigenvalue weighted by Gasteiger charge is 2.12. The fourth-order valence-corrected chi connectivity index (χ4v) is 1.01. The summed E-state index contributed by atoms with van der Waals surface area (Å²) >= 11 is 0. The third-order valence-electron chi connectivity index (χ3n) is 1.59. The van der Waals surface area contributed by atoms with Crippen molar-refractivity contribution in [3.8, 4) is 0 Å². The number of rotatable bonds is 2. The van der Waals surface area contributed by atoms with Gasteiger partial charge < -0.3 is 16.8 Å². The van der Waals surface area contributed by atoms with Crippen molar-refractivity contribution in [1.82, 2.24) is 9.97 Å². The fourth-order valence-electron chi connectivity index (χ4n) is 1.01. The molecule has 6 heteroatoms. The Morgan fingerprint density at radius 3 is 2.46 bits per heavy atom. The van der Waals surface area contributed by atoms with E-state index in [1.165, 1.54) is 0 Å². The standard InChI is InChI=1S/C7H11N5O/c1-3-4(6(9)13)5(8)12-7(10-2)11-3/h1-2H3,(H2,9,13)(H3,8,10,11,12). The molecule has 0 saturated carbocycles. The lowest BCUT2D eigenvalue weighted by atomic mass is 10.2. The highest BCUT2D eigenvalue weighted by molar-refractivity contribution is 5.98. The zero-order valence-corrected chi connectivity index (χ0v) is 7.46. The highest BCUT2D eigenvalue weighted by Crippen LogP contribution is 2.13. The topological polar surface area (TPSA) is 107 Å².